The molecule has 2 atom stereocenters. The number of rotatable bonds is 13. The molecule has 0 saturated heterocycles. The highest BCUT2D eigenvalue weighted by Gasteiger charge is 2.33. The molecule has 0 fully saturated rings. The van der Waals surface area contributed by atoms with Crippen molar-refractivity contribution in [2.24, 2.45) is 0 Å². The number of hydrogen-bond donors (Lipinski definition) is 1. The van der Waals surface area contributed by atoms with Gasteiger partial charge in [0.25, 0.3) is 0 Å². The lowest BCUT2D eigenvalue weighted by Crippen LogP contribution is -2.54. The largest absolute Gasteiger partial charge is 0.454 e. The fourth-order valence-corrected chi connectivity index (χ4v) is 5.15. The molecular weight excluding hydrogens is 494 g/mol. The smallest absolute Gasteiger partial charge is 0.244 e. The minimum atomic E-state index is -3.81. The van der Waals surface area contributed by atoms with E-state index in [0.717, 1.165) is 16.3 Å². The van der Waals surface area contributed by atoms with Crippen LogP contribution in [-0.4, -0.2) is 62.9 Å². The standard InChI is InChI=1S/C27H37N3O6S/c1-5-20(4)28-27(32)23(6-2)29(16-15-21-11-9-8-10-12-21)26(31)18-30(37(33,34)7-3)22-13-14-24-25(17-22)36-19-35-24/h8-14,17,20,23H,5-7,15-16,18-19H2,1-4H3,(H,28,32)/t20-,23-/m0/s1. The van der Waals surface area contributed by atoms with Crippen LogP contribution in [0.1, 0.15) is 46.1 Å². The monoisotopic (exact) mass is 531 g/mol. The van der Waals surface area contributed by atoms with E-state index in [-0.39, 0.29) is 31.0 Å². The molecule has 9 nitrogen and oxygen atoms in total. The van der Waals surface area contributed by atoms with Crippen LogP contribution in [0.4, 0.5) is 5.69 Å². The molecule has 2 aromatic carbocycles. The molecule has 10 heteroatoms. The number of nitrogens with one attached hydrogen (secondary N) is 1. The van der Waals surface area contributed by atoms with Gasteiger partial charge in [-0.15, -0.1) is 0 Å². The highest BCUT2D eigenvalue weighted by Crippen LogP contribution is 2.36. The van der Waals surface area contributed by atoms with Crippen molar-refractivity contribution in [1.29, 1.82) is 0 Å². The summed E-state index contributed by atoms with van der Waals surface area (Å²) in [6.45, 7) is 7.16. The predicted molar refractivity (Wildman–Crippen MR) is 143 cm³/mol. The lowest BCUT2D eigenvalue weighted by molar-refractivity contribution is -0.139. The minimum Gasteiger partial charge on any atom is -0.454 e. The number of hydrogen-bond acceptors (Lipinski definition) is 6. The van der Waals surface area contributed by atoms with Crippen molar-refractivity contribution in [3.8, 4) is 11.5 Å². The van der Waals surface area contributed by atoms with Crippen molar-refractivity contribution >= 4 is 27.5 Å². The molecule has 0 aromatic heterocycles. The van der Waals surface area contributed by atoms with Crippen LogP contribution in [0.2, 0.25) is 0 Å². The van der Waals surface area contributed by atoms with Gasteiger partial charge in [-0.2, -0.15) is 0 Å². The molecule has 0 unspecified atom stereocenters. The van der Waals surface area contributed by atoms with E-state index in [9.17, 15) is 18.0 Å². The van der Waals surface area contributed by atoms with Crippen molar-refractivity contribution in [2.75, 3.05) is 29.9 Å². The molecule has 1 heterocycles. The molecule has 0 aliphatic carbocycles. The van der Waals surface area contributed by atoms with Gasteiger partial charge in [0.2, 0.25) is 28.6 Å². The third-order valence-corrected chi connectivity index (χ3v) is 8.24. The van der Waals surface area contributed by atoms with Crippen molar-refractivity contribution in [1.82, 2.24) is 10.2 Å². The van der Waals surface area contributed by atoms with Gasteiger partial charge in [-0.05, 0) is 50.8 Å². The molecule has 1 N–H and O–H groups in total. The first-order chi connectivity index (χ1) is 17.7. The van der Waals surface area contributed by atoms with Gasteiger partial charge in [0.1, 0.15) is 12.6 Å². The molecule has 2 amide bonds. The molecular formula is C27H37N3O6S. The van der Waals surface area contributed by atoms with E-state index in [4.69, 9.17) is 9.47 Å². The van der Waals surface area contributed by atoms with E-state index in [1.165, 1.54) is 11.8 Å². The number of sulfonamides is 1. The second kappa shape index (κ2) is 12.8. The summed E-state index contributed by atoms with van der Waals surface area (Å²) in [5.41, 5.74) is 1.32. The van der Waals surface area contributed by atoms with Crippen molar-refractivity contribution in [2.45, 2.75) is 59.0 Å². The number of carbonyl (C=O) groups is 2. The average Bonchev–Trinajstić information content (AvgIpc) is 3.37. The predicted octanol–water partition coefficient (Wildman–Crippen LogP) is 3.34. The van der Waals surface area contributed by atoms with Gasteiger partial charge in [-0.1, -0.05) is 44.2 Å². The maximum absolute atomic E-state index is 13.8. The van der Waals surface area contributed by atoms with Gasteiger partial charge in [-0.3, -0.25) is 13.9 Å². The number of anilines is 1. The molecule has 1 aliphatic heterocycles. The molecule has 1 aliphatic rings. The number of carbonyl (C=O) groups excluding carboxylic acids is 2. The maximum Gasteiger partial charge on any atom is 0.244 e. The van der Waals surface area contributed by atoms with Crippen LogP contribution < -0.4 is 19.1 Å². The summed E-state index contributed by atoms with van der Waals surface area (Å²) < 4.78 is 38.0. The molecule has 0 saturated carbocycles. The van der Waals surface area contributed by atoms with Crippen molar-refractivity contribution in [3.05, 3.63) is 54.1 Å². The van der Waals surface area contributed by atoms with Gasteiger partial charge in [0, 0.05) is 18.7 Å². The van der Waals surface area contributed by atoms with Gasteiger partial charge in [-0.25, -0.2) is 8.42 Å². The Hall–Kier alpha value is -3.27. The lowest BCUT2D eigenvalue weighted by Gasteiger charge is -2.33. The summed E-state index contributed by atoms with van der Waals surface area (Å²) in [6, 6.07) is 13.7. The first-order valence-corrected chi connectivity index (χ1v) is 14.3. The van der Waals surface area contributed by atoms with Crippen LogP contribution in [0, 0.1) is 0 Å². The Morgan fingerprint density at radius 3 is 2.35 bits per heavy atom. The van der Waals surface area contributed by atoms with Gasteiger partial charge in [0.15, 0.2) is 11.5 Å². The zero-order valence-corrected chi connectivity index (χ0v) is 22.8. The third kappa shape index (κ3) is 7.15. The van der Waals surface area contributed by atoms with Gasteiger partial charge < -0.3 is 19.7 Å². The topological polar surface area (TPSA) is 105 Å². The van der Waals surface area contributed by atoms with Crippen LogP contribution in [-0.2, 0) is 26.0 Å². The first kappa shape index (κ1) is 28.3. The van der Waals surface area contributed by atoms with Crippen LogP contribution in [0.15, 0.2) is 48.5 Å². The zero-order chi connectivity index (χ0) is 27.0. The Morgan fingerprint density at radius 1 is 1.00 bits per heavy atom. The highest BCUT2D eigenvalue weighted by atomic mass is 32.2. The fourth-order valence-electron chi connectivity index (χ4n) is 4.10. The molecule has 0 bridgehead atoms. The number of benzene rings is 2. The molecule has 37 heavy (non-hydrogen) atoms. The number of fused-ring (bicyclic) bond motifs is 1. The zero-order valence-electron chi connectivity index (χ0n) is 22.0. The average molecular weight is 532 g/mol. The van der Waals surface area contributed by atoms with Crippen LogP contribution >= 0.6 is 0 Å². The molecule has 2 aromatic rings. The van der Waals surface area contributed by atoms with E-state index in [0.29, 0.717) is 30.0 Å². The summed E-state index contributed by atoms with van der Waals surface area (Å²) in [6.07, 6.45) is 1.68. The number of amides is 2. The van der Waals surface area contributed by atoms with Gasteiger partial charge >= 0.3 is 0 Å². The lowest BCUT2D eigenvalue weighted by atomic mass is 10.1. The summed E-state index contributed by atoms with van der Waals surface area (Å²) in [5, 5.41) is 2.97. The maximum atomic E-state index is 13.8. The van der Waals surface area contributed by atoms with E-state index in [2.05, 4.69) is 5.32 Å². The second-order valence-electron chi connectivity index (χ2n) is 9.01. The van der Waals surface area contributed by atoms with E-state index in [1.54, 1.807) is 18.2 Å². The highest BCUT2D eigenvalue weighted by molar-refractivity contribution is 7.92. The van der Waals surface area contributed by atoms with Gasteiger partial charge in [0.05, 0.1) is 11.4 Å². The van der Waals surface area contributed by atoms with Crippen molar-refractivity contribution < 1.29 is 27.5 Å². The Morgan fingerprint density at radius 2 is 1.70 bits per heavy atom. The third-order valence-electron chi connectivity index (χ3n) is 6.49. The summed E-state index contributed by atoms with van der Waals surface area (Å²) in [4.78, 5) is 28.5. The number of ether oxygens (including phenoxy) is 2. The Kier molecular flexibility index (Phi) is 9.79. The Balaban J connectivity index is 1.91. The van der Waals surface area contributed by atoms with Crippen LogP contribution in [0.3, 0.4) is 0 Å². The first-order valence-electron chi connectivity index (χ1n) is 12.7. The van der Waals surface area contributed by atoms with Crippen LogP contribution in [0.25, 0.3) is 0 Å². The van der Waals surface area contributed by atoms with E-state index in [1.807, 2.05) is 51.1 Å². The fraction of sp³-hybridized carbons (Fsp3) is 0.481. The van der Waals surface area contributed by atoms with E-state index < -0.39 is 28.5 Å². The Labute approximate surface area is 219 Å². The summed E-state index contributed by atoms with van der Waals surface area (Å²) in [7, 11) is -3.81. The van der Waals surface area contributed by atoms with Crippen molar-refractivity contribution in [3.63, 3.8) is 0 Å². The Bertz CT molecular complexity index is 1170. The SMILES string of the molecule is CC[C@H](C)NC(=O)[C@H](CC)N(CCc1ccccc1)C(=O)CN(c1ccc2c(c1)OCO2)S(=O)(=O)CC. The second-order valence-corrected chi connectivity index (χ2v) is 11.2. The molecule has 3 rings (SSSR count). The minimum absolute atomic E-state index is 0.0433. The van der Waals surface area contributed by atoms with Crippen LogP contribution in [0.5, 0.6) is 11.5 Å². The summed E-state index contributed by atoms with van der Waals surface area (Å²) >= 11 is 0. The normalized spacial score (nSPS) is 14.1. The number of nitrogens with zero attached hydrogens (tertiary/aromatic N) is 2. The molecule has 0 spiro atoms. The molecule has 0 radical (unpaired) electrons. The summed E-state index contributed by atoms with van der Waals surface area (Å²) in [5.74, 6) is 0.0514. The quantitative estimate of drug-likeness (QED) is 0.425. The molecule has 202 valence electrons. The van der Waals surface area contributed by atoms with E-state index >= 15 is 0 Å².